The summed E-state index contributed by atoms with van der Waals surface area (Å²) in [7, 11) is 0. The summed E-state index contributed by atoms with van der Waals surface area (Å²) in [5.41, 5.74) is 5.63. The van der Waals surface area contributed by atoms with Crippen LogP contribution in [0.25, 0.3) is 0 Å². The van der Waals surface area contributed by atoms with Crippen LogP contribution in [0.5, 0.6) is 0 Å². The summed E-state index contributed by atoms with van der Waals surface area (Å²) in [6.45, 7) is 2.72. The van der Waals surface area contributed by atoms with Crippen molar-refractivity contribution in [2.24, 2.45) is 10.7 Å². The topological polar surface area (TPSA) is 82.8 Å². The lowest BCUT2D eigenvalue weighted by Gasteiger charge is -2.33. The van der Waals surface area contributed by atoms with Crippen LogP contribution in [0.4, 0.5) is 0 Å². The van der Waals surface area contributed by atoms with E-state index >= 15 is 0 Å². The van der Waals surface area contributed by atoms with Crippen LogP contribution in [0.15, 0.2) is 27.8 Å². The number of allylic oxidation sites excluding steroid dienone is 1. The zero-order valence-electron chi connectivity index (χ0n) is 10.1. The average molecular weight is 314 g/mol. The molecule has 98 valence electrons. The Bertz CT molecular complexity index is 427. The van der Waals surface area contributed by atoms with Gasteiger partial charge in [0.15, 0.2) is 5.96 Å². The third-order valence-corrected chi connectivity index (χ3v) is 2.98. The summed E-state index contributed by atoms with van der Waals surface area (Å²) in [6, 6.07) is -0.0730. The Kier molecular flexibility index (Phi) is 3.90. The molecule has 0 spiro atoms. The van der Waals surface area contributed by atoms with Gasteiger partial charge in [0.1, 0.15) is 12.2 Å². The maximum absolute atomic E-state index is 12.1. The molecule has 0 fully saturated rings. The average Bonchev–Trinajstić information content (AvgIpc) is 2.67. The molecule has 0 aromatic rings. The number of carbonyl (C=O) groups is 1. The fraction of sp³-hybridized carbons (Fsp3) is 0.455. The van der Waals surface area contributed by atoms with E-state index < -0.39 is 0 Å². The highest BCUT2D eigenvalue weighted by molar-refractivity contribution is 9.11. The van der Waals surface area contributed by atoms with E-state index in [1.54, 1.807) is 11.1 Å². The van der Waals surface area contributed by atoms with Gasteiger partial charge in [-0.2, -0.15) is 0 Å². The molecule has 0 aromatic carbocycles. The van der Waals surface area contributed by atoms with Crippen molar-refractivity contribution >= 4 is 27.8 Å². The van der Waals surface area contributed by atoms with E-state index in [-0.39, 0.29) is 24.7 Å². The lowest BCUT2D eigenvalue weighted by molar-refractivity contribution is -0.132. The second-order valence-electron chi connectivity index (χ2n) is 4.18. The summed E-state index contributed by atoms with van der Waals surface area (Å²) in [5, 5.41) is 5.97. The first-order chi connectivity index (χ1) is 8.58. The Morgan fingerprint density at radius 1 is 1.83 bits per heavy atom. The number of guanidine groups is 1. The molecule has 4 N–H and O–H groups in total. The minimum absolute atomic E-state index is 0.0109. The van der Waals surface area contributed by atoms with Crippen LogP contribution >= 0.6 is 15.9 Å². The SMILES string of the molecule is C/C(Br)=C\NCC(=O)N1CC=CC2N=C(N)NC21. The van der Waals surface area contributed by atoms with Crippen molar-refractivity contribution in [2.75, 3.05) is 13.1 Å². The van der Waals surface area contributed by atoms with Crippen LogP contribution in [-0.4, -0.2) is 42.1 Å². The van der Waals surface area contributed by atoms with E-state index in [0.29, 0.717) is 12.5 Å². The molecule has 0 saturated carbocycles. The van der Waals surface area contributed by atoms with Gasteiger partial charge in [-0.1, -0.05) is 28.1 Å². The molecule has 2 aliphatic rings. The smallest absolute Gasteiger partial charge is 0.243 e. The standard InChI is InChI=1S/C11H16BrN5O/c1-7(12)5-14-6-9(18)17-4-2-3-8-10(17)16-11(13)15-8/h2-3,5,8,10,14H,4,6H2,1H3,(H3,13,15,16)/b7-5+. The number of rotatable bonds is 3. The number of fused-ring (bicyclic) bond motifs is 1. The van der Waals surface area contributed by atoms with Crippen LogP contribution in [-0.2, 0) is 4.79 Å². The van der Waals surface area contributed by atoms with Crippen LogP contribution in [0.1, 0.15) is 6.92 Å². The van der Waals surface area contributed by atoms with E-state index in [2.05, 4.69) is 31.6 Å². The van der Waals surface area contributed by atoms with Gasteiger partial charge in [0.2, 0.25) is 5.91 Å². The number of aliphatic imine (C=N–C) groups is 1. The molecule has 0 aliphatic carbocycles. The molecule has 7 heteroatoms. The summed E-state index contributed by atoms with van der Waals surface area (Å²) < 4.78 is 0.943. The number of halogens is 1. The van der Waals surface area contributed by atoms with E-state index in [9.17, 15) is 4.79 Å². The summed E-state index contributed by atoms with van der Waals surface area (Å²) in [5.74, 6) is 0.398. The van der Waals surface area contributed by atoms with Crippen LogP contribution < -0.4 is 16.4 Å². The molecule has 6 nitrogen and oxygen atoms in total. The number of carbonyl (C=O) groups excluding carboxylic acids is 1. The highest BCUT2D eigenvalue weighted by Crippen LogP contribution is 2.16. The summed E-state index contributed by atoms with van der Waals surface area (Å²) in [4.78, 5) is 18.0. The van der Waals surface area contributed by atoms with Crippen LogP contribution in [0.3, 0.4) is 0 Å². The molecule has 0 radical (unpaired) electrons. The lowest BCUT2D eigenvalue weighted by Crippen LogP contribution is -2.56. The predicted octanol–water partition coefficient (Wildman–Crippen LogP) is -0.157. The molecule has 18 heavy (non-hydrogen) atoms. The molecule has 0 bridgehead atoms. The Balaban J connectivity index is 1.95. The molecule has 0 aromatic heterocycles. The van der Waals surface area contributed by atoms with E-state index in [1.165, 1.54) is 0 Å². The lowest BCUT2D eigenvalue weighted by atomic mass is 10.1. The van der Waals surface area contributed by atoms with Gasteiger partial charge in [-0.3, -0.25) is 4.79 Å². The monoisotopic (exact) mass is 313 g/mol. The molecule has 0 saturated heterocycles. The van der Waals surface area contributed by atoms with Crippen molar-refractivity contribution in [3.05, 3.63) is 22.8 Å². The highest BCUT2D eigenvalue weighted by Gasteiger charge is 2.35. The van der Waals surface area contributed by atoms with Gasteiger partial charge >= 0.3 is 0 Å². The van der Waals surface area contributed by atoms with Crippen molar-refractivity contribution in [3.63, 3.8) is 0 Å². The third-order valence-electron chi connectivity index (χ3n) is 2.75. The van der Waals surface area contributed by atoms with Crippen molar-refractivity contribution in [2.45, 2.75) is 19.1 Å². The maximum atomic E-state index is 12.1. The molecule has 2 aliphatic heterocycles. The van der Waals surface area contributed by atoms with Crippen molar-refractivity contribution in [1.82, 2.24) is 15.5 Å². The Morgan fingerprint density at radius 3 is 3.33 bits per heavy atom. The molecule has 2 heterocycles. The van der Waals surface area contributed by atoms with Crippen molar-refractivity contribution in [3.8, 4) is 0 Å². The van der Waals surface area contributed by atoms with Gasteiger partial charge in [0, 0.05) is 17.2 Å². The minimum atomic E-state index is -0.154. The number of hydrogen-bond acceptors (Lipinski definition) is 5. The molecular weight excluding hydrogens is 298 g/mol. The normalized spacial score (nSPS) is 26.4. The van der Waals surface area contributed by atoms with Gasteiger partial charge < -0.3 is 21.3 Å². The van der Waals surface area contributed by atoms with E-state index in [0.717, 1.165) is 4.48 Å². The van der Waals surface area contributed by atoms with Crippen molar-refractivity contribution < 1.29 is 4.79 Å². The second-order valence-corrected chi connectivity index (χ2v) is 5.43. The second kappa shape index (κ2) is 5.43. The first-order valence-electron chi connectivity index (χ1n) is 5.69. The first-order valence-corrected chi connectivity index (χ1v) is 6.49. The summed E-state index contributed by atoms with van der Waals surface area (Å²) >= 11 is 3.29. The zero-order valence-corrected chi connectivity index (χ0v) is 11.6. The van der Waals surface area contributed by atoms with Gasteiger partial charge in [0.25, 0.3) is 0 Å². The molecular formula is C11H16BrN5O. The van der Waals surface area contributed by atoms with Gasteiger partial charge in [0.05, 0.1) is 6.54 Å². The van der Waals surface area contributed by atoms with E-state index in [1.807, 2.05) is 19.1 Å². The highest BCUT2D eigenvalue weighted by atomic mass is 79.9. The zero-order chi connectivity index (χ0) is 13.1. The Hall–Kier alpha value is -1.50. The number of amides is 1. The first kappa shape index (κ1) is 12.9. The fourth-order valence-electron chi connectivity index (χ4n) is 1.98. The van der Waals surface area contributed by atoms with Gasteiger partial charge in [-0.15, -0.1) is 0 Å². The number of hydrogen-bond donors (Lipinski definition) is 3. The quantitative estimate of drug-likeness (QED) is 0.633. The third kappa shape index (κ3) is 2.84. The number of nitrogens with one attached hydrogen (secondary N) is 2. The Labute approximate surface area is 114 Å². The Morgan fingerprint density at radius 2 is 2.61 bits per heavy atom. The van der Waals surface area contributed by atoms with Crippen LogP contribution in [0, 0.1) is 0 Å². The molecule has 2 rings (SSSR count). The molecule has 1 amide bonds. The number of nitrogens with two attached hydrogens (primary N) is 1. The molecule has 2 atom stereocenters. The van der Waals surface area contributed by atoms with Crippen LogP contribution in [0.2, 0.25) is 0 Å². The van der Waals surface area contributed by atoms with Crippen molar-refractivity contribution in [1.29, 1.82) is 0 Å². The minimum Gasteiger partial charge on any atom is -0.381 e. The van der Waals surface area contributed by atoms with Gasteiger partial charge in [-0.05, 0) is 6.92 Å². The predicted molar refractivity (Wildman–Crippen MR) is 73.9 cm³/mol. The molecule has 2 unspecified atom stereocenters. The summed E-state index contributed by atoms with van der Waals surface area (Å²) in [6.07, 6.45) is 5.51. The largest absolute Gasteiger partial charge is 0.381 e. The van der Waals surface area contributed by atoms with E-state index in [4.69, 9.17) is 5.73 Å². The van der Waals surface area contributed by atoms with Gasteiger partial charge in [-0.25, -0.2) is 4.99 Å². The number of nitrogens with zero attached hydrogens (tertiary/aromatic N) is 2. The maximum Gasteiger partial charge on any atom is 0.243 e. The fourth-order valence-corrected chi connectivity index (χ4v) is 2.14.